The molecule has 1 aromatic rings. The molecule has 0 aliphatic carbocycles. The van der Waals surface area contributed by atoms with E-state index in [-0.39, 0.29) is 11.3 Å². The summed E-state index contributed by atoms with van der Waals surface area (Å²) in [5, 5.41) is 7.17. The van der Waals surface area contributed by atoms with Gasteiger partial charge in [-0.15, -0.1) is 0 Å². The van der Waals surface area contributed by atoms with Gasteiger partial charge in [0.15, 0.2) is 0 Å². The Hall–Kier alpha value is -1.36. The van der Waals surface area contributed by atoms with Crippen molar-refractivity contribution in [1.29, 1.82) is 0 Å². The Morgan fingerprint density at radius 2 is 2.10 bits per heavy atom. The molecule has 112 valence electrons. The molecular formula is C15H25N3O2. The Morgan fingerprint density at radius 1 is 1.45 bits per heavy atom. The van der Waals surface area contributed by atoms with Crippen molar-refractivity contribution >= 4 is 5.91 Å². The Bertz CT molecular complexity index is 454. The molecule has 1 N–H and O–H groups in total. The summed E-state index contributed by atoms with van der Waals surface area (Å²) in [6, 6.07) is 2.28. The SMILES string of the molecule is Cc1cc(CN2CCC(NC(=O)C(C)(C)C)CC2)no1. The number of carbonyl (C=O) groups is 1. The van der Waals surface area contributed by atoms with Gasteiger partial charge in [-0.3, -0.25) is 9.69 Å². The first-order chi connectivity index (χ1) is 9.34. The predicted octanol–water partition coefficient (Wildman–Crippen LogP) is 2.11. The molecule has 1 amide bonds. The zero-order valence-electron chi connectivity index (χ0n) is 12.9. The fourth-order valence-corrected chi connectivity index (χ4v) is 2.36. The van der Waals surface area contributed by atoms with Crippen molar-refractivity contribution in [1.82, 2.24) is 15.4 Å². The molecule has 0 unspecified atom stereocenters. The summed E-state index contributed by atoms with van der Waals surface area (Å²) in [4.78, 5) is 14.3. The Labute approximate surface area is 120 Å². The van der Waals surface area contributed by atoms with Crippen LogP contribution in [-0.2, 0) is 11.3 Å². The highest BCUT2D eigenvalue weighted by Gasteiger charge is 2.26. The summed E-state index contributed by atoms with van der Waals surface area (Å²) in [5.41, 5.74) is 0.676. The summed E-state index contributed by atoms with van der Waals surface area (Å²) in [7, 11) is 0. The second kappa shape index (κ2) is 5.95. The lowest BCUT2D eigenvalue weighted by Gasteiger charge is -2.33. The molecule has 0 aromatic carbocycles. The van der Waals surface area contributed by atoms with Gasteiger partial charge in [-0.2, -0.15) is 0 Å². The van der Waals surface area contributed by atoms with Gasteiger partial charge in [0.2, 0.25) is 5.91 Å². The number of aryl methyl sites for hydroxylation is 1. The molecule has 0 atom stereocenters. The molecule has 1 aliphatic rings. The minimum atomic E-state index is -0.310. The lowest BCUT2D eigenvalue weighted by atomic mass is 9.94. The third-order valence-corrected chi connectivity index (χ3v) is 3.67. The monoisotopic (exact) mass is 279 g/mol. The predicted molar refractivity (Wildman–Crippen MR) is 77.1 cm³/mol. The van der Waals surface area contributed by atoms with Crippen LogP contribution in [0.4, 0.5) is 0 Å². The summed E-state index contributed by atoms with van der Waals surface area (Å²) in [6.45, 7) is 10.6. The average molecular weight is 279 g/mol. The van der Waals surface area contributed by atoms with Crippen LogP contribution in [-0.4, -0.2) is 35.1 Å². The van der Waals surface area contributed by atoms with Crippen molar-refractivity contribution in [2.24, 2.45) is 5.41 Å². The van der Waals surface area contributed by atoms with Gasteiger partial charge in [-0.25, -0.2) is 0 Å². The maximum atomic E-state index is 12.0. The summed E-state index contributed by atoms with van der Waals surface area (Å²) < 4.78 is 5.08. The van der Waals surface area contributed by atoms with E-state index in [2.05, 4.69) is 15.4 Å². The molecule has 1 saturated heterocycles. The first-order valence-electron chi connectivity index (χ1n) is 7.30. The van der Waals surface area contributed by atoms with Crippen LogP contribution in [0, 0.1) is 12.3 Å². The van der Waals surface area contributed by atoms with Crippen LogP contribution < -0.4 is 5.32 Å². The third-order valence-electron chi connectivity index (χ3n) is 3.67. The first-order valence-corrected chi connectivity index (χ1v) is 7.30. The molecule has 0 bridgehead atoms. The topological polar surface area (TPSA) is 58.4 Å². The van der Waals surface area contributed by atoms with Gasteiger partial charge in [-0.1, -0.05) is 25.9 Å². The van der Waals surface area contributed by atoms with Gasteiger partial charge < -0.3 is 9.84 Å². The summed E-state index contributed by atoms with van der Waals surface area (Å²) in [6.07, 6.45) is 2.00. The second-order valence-corrected chi connectivity index (χ2v) is 6.70. The molecule has 1 aromatic heterocycles. The number of rotatable bonds is 3. The van der Waals surface area contributed by atoms with E-state index < -0.39 is 0 Å². The third kappa shape index (κ3) is 4.07. The van der Waals surface area contributed by atoms with Crippen molar-refractivity contribution in [2.45, 2.75) is 53.1 Å². The number of nitrogens with zero attached hydrogens (tertiary/aromatic N) is 2. The standard InChI is InChI=1S/C15H25N3O2/c1-11-9-13(17-20-11)10-18-7-5-12(6-8-18)16-14(19)15(2,3)4/h9,12H,5-8,10H2,1-4H3,(H,16,19). The maximum Gasteiger partial charge on any atom is 0.225 e. The number of piperidine rings is 1. The fourth-order valence-electron chi connectivity index (χ4n) is 2.36. The zero-order valence-corrected chi connectivity index (χ0v) is 12.9. The van der Waals surface area contributed by atoms with Crippen LogP contribution in [0.15, 0.2) is 10.6 Å². The molecule has 5 heteroatoms. The molecule has 1 fully saturated rings. The lowest BCUT2D eigenvalue weighted by Crippen LogP contribution is -2.47. The minimum absolute atomic E-state index is 0.142. The van der Waals surface area contributed by atoms with Crippen LogP contribution in [0.2, 0.25) is 0 Å². The molecule has 2 rings (SSSR count). The van der Waals surface area contributed by atoms with E-state index in [1.54, 1.807) is 0 Å². The number of likely N-dealkylation sites (tertiary alicyclic amines) is 1. The lowest BCUT2D eigenvalue weighted by molar-refractivity contribution is -0.129. The van der Waals surface area contributed by atoms with Crippen LogP contribution in [0.25, 0.3) is 0 Å². The molecular weight excluding hydrogens is 254 g/mol. The molecule has 0 spiro atoms. The van der Waals surface area contributed by atoms with Gasteiger partial charge >= 0.3 is 0 Å². The quantitative estimate of drug-likeness (QED) is 0.920. The summed E-state index contributed by atoms with van der Waals surface area (Å²) >= 11 is 0. The van der Waals surface area contributed by atoms with E-state index in [0.29, 0.717) is 6.04 Å². The van der Waals surface area contributed by atoms with E-state index in [4.69, 9.17) is 4.52 Å². The van der Waals surface area contributed by atoms with Crippen molar-refractivity contribution < 1.29 is 9.32 Å². The highest BCUT2D eigenvalue weighted by molar-refractivity contribution is 5.81. The van der Waals surface area contributed by atoms with E-state index in [0.717, 1.165) is 43.9 Å². The number of carbonyl (C=O) groups excluding carboxylic acids is 1. The van der Waals surface area contributed by atoms with Crippen molar-refractivity contribution in [3.05, 3.63) is 17.5 Å². The molecule has 1 aliphatic heterocycles. The van der Waals surface area contributed by atoms with E-state index in [1.165, 1.54) is 0 Å². The average Bonchev–Trinajstić information content (AvgIpc) is 2.76. The number of aromatic nitrogens is 1. The van der Waals surface area contributed by atoms with Gasteiger partial charge in [0, 0.05) is 37.2 Å². The summed E-state index contributed by atoms with van der Waals surface area (Å²) in [5.74, 6) is 0.996. The highest BCUT2D eigenvalue weighted by atomic mass is 16.5. The second-order valence-electron chi connectivity index (χ2n) is 6.70. The van der Waals surface area contributed by atoms with Crippen LogP contribution in [0.3, 0.4) is 0 Å². The van der Waals surface area contributed by atoms with Crippen molar-refractivity contribution in [2.75, 3.05) is 13.1 Å². The van der Waals surface area contributed by atoms with Crippen LogP contribution in [0.1, 0.15) is 45.1 Å². The Morgan fingerprint density at radius 3 is 2.60 bits per heavy atom. The van der Waals surface area contributed by atoms with Crippen molar-refractivity contribution in [3.8, 4) is 0 Å². The largest absolute Gasteiger partial charge is 0.361 e. The molecule has 0 saturated carbocycles. The van der Waals surface area contributed by atoms with Gasteiger partial charge in [0.05, 0.1) is 5.69 Å². The Balaban J connectivity index is 1.76. The normalized spacial score (nSPS) is 18.2. The highest BCUT2D eigenvalue weighted by Crippen LogP contribution is 2.17. The number of nitrogens with one attached hydrogen (secondary N) is 1. The van der Waals surface area contributed by atoms with Gasteiger partial charge in [-0.05, 0) is 19.8 Å². The number of hydrogen-bond donors (Lipinski definition) is 1. The van der Waals surface area contributed by atoms with Gasteiger partial charge in [0.1, 0.15) is 5.76 Å². The molecule has 20 heavy (non-hydrogen) atoms. The number of hydrogen-bond acceptors (Lipinski definition) is 4. The first kappa shape index (κ1) is 15.0. The van der Waals surface area contributed by atoms with Crippen molar-refractivity contribution in [3.63, 3.8) is 0 Å². The minimum Gasteiger partial charge on any atom is -0.361 e. The van der Waals surface area contributed by atoms with Crippen LogP contribution in [0.5, 0.6) is 0 Å². The zero-order chi connectivity index (χ0) is 14.8. The van der Waals surface area contributed by atoms with Crippen LogP contribution >= 0.6 is 0 Å². The number of amides is 1. The Kier molecular flexibility index (Phi) is 4.48. The van der Waals surface area contributed by atoms with Gasteiger partial charge in [0.25, 0.3) is 0 Å². The van der Waals surface area contributed by atoms with E-state index in [9.17, 15) is 4.79 Å². The smallest absolute Gasteiger partial charge is 0.225 e. The molecule has 0 radical (unpaired) electrons. The fraction of sp³-hybridized carbons (Fsp3) is 0.733. The van der Waals surface area contributed by atoms with E-state index in [1.807, 2.05) is 33.8 Å². The van der Waals surface area contributed by atoms with E-state index >= 15 is 0 Å². The molecule has 2 heterocycles. The molecule has 5 nitrogen and oxygen atoms in total. The maximum absolute atomic E-state index is 12.0.